The third-order valence-corrected chi connectivity index (χ3v) is 5.05. The number of hydrogen-bond acceptors (Lipinski definition) is 5. The van der Waals surface area contributed by atoms with Gasteiger partial charge in [0.05, 0.1) is 6.20 Å². The molecule has 1 aliphatic heterocycles. The molecule has 29 heavy (non-hydrogen) atoms. The molecule has 0 bridgehead atoms. The first-order chi connectivity index (χ1) is 14.1. The predicted octanol–water partition coefficient (Wildman–Crippen LogP) is 3.24. The summed E-state index contributed by atoms with van der Waals surface area (Å²) < 4.78 is 5.01. The van der Waals surface area contributed by atoms with E-state index in [2.05, 4.69) is 32.7 Å². The molecule has 0 saturated carbocycles. The first kappa shape index (κ1) is 18.7. The van der Waals surface area contributed by atoms with Crippen LogP contribution in [0.15, 0.2) is 65.5 Å². The Bertz CT molecular complexity index is 1000. The normalized spacial score (nSPS) is 15.9. The number of carbonyl (C=O) groups is 2. The lowest BCUT2D eigenvalue weighted by Crippen LogP contribution is -2.37. The van der Waals surface area contributed by atoms with E-state index in [9.17, 15) is 9.59 Å². The zero-order valence-electron chi connectivity index (χ0n) is 16.1. The summed E-state index contributed by atoms with van der Waals surface area (Å²) in [6.45, 7) is 3.55. The Hall–Kier alpha value is -3.61. The molecule has 1 fully saturated rings. The minimum Gasteiger partial charge on any atom is -0.438 e. The lowest BCUT2D eigenvalue weighted by atomic mass is 10.1. The Morgan fingerprint density at radius 1 is 1.14 bits per heavy atom. The number of amides is 2. The van der Waals surface area contributed by atoms with E-state index in [1.165, 1.54) is 12.6 Å². The highest BCUT2D eigenvalue weighted by atomic mass is 16.3. The molecule has 3 aromatic rings. The summed E-state index contributed by atoms with van der Waals surface area (Å²) in [5.41, 5.74) is 3.08. The second-order valence-corrected chi connectivity index (χ2v) is 7.09. The fraction of sp³-hybridized carbons (Fsp3) is 0.227. The van der Waals surface area contributed by atoms with E-state index in [-0.39, 0.29) is 17.7 Å². The number of benzene rings is 2. The average molecular weight is 390 g/mol. The van der Waals surface area contributed by atoms with Gasteiger partial charge in [0, 0.05) is 36.1 Å². The van der Waals surface area contributed by atoms with Crippen molar-refractivity contribution in [2.24, 2.45) is 0 Å². The fourth-order valence-electron chi connectivity index (χ4n) is 3.43. The van der Waals surface area contributed by atoms with Gasteiger partial charge in [-0.05, 0) is 43.2 Å². The number of para-hydroxylation sites is 1. The zero-order chi connectivity index (χ0) is 20.2. The number of hydrogen-bond donors (Lipinski definition) is 2. The van der Waals surface area contributed by atoms with Crippen LogP contribution in [-0.4, -0.2) is 35.9 Å². The van der Waals surface area contributed by atoms with Gasteiger partial charge < -0.3 is 20.0 Å². The van der Waals surface area contributed by atoms with Crippen LogP contribution in [0.1, 0.15) is 32.9 Å². The van der Waals surface area contributed by atoms with Crippen LogP contribution in [0.25, 0.3) is 0 Å². The summed E-state index contributed by atoms with van der Waals surface area (Å²) in [4.78, 5) is 31.0. The Balaban J connectivity index is 1.41. The van der Waals surface area contributed by atoms with Gasteiger partial charge in [0.15, 0.2) is 6.39 Å². The highest BCUT2D eigenvalue weighted by Crippen LogP contribution is 2.21. The summed E-state index contributed by atoms with van der Waals surface area (Å²) in [5, 5.41) is 5.87. The van der Waals surface area contributed by atoms with Crippen LogP contribution in [0, 0.1) is 6.92 Å². The van der Waals surface area contributed by atoms with Crippen LogP contribution < -0.4 is 15.5 Å². The van der Waals surface area contributed by atoms with Gasteiger partial charge in [0.25, 0.3) is 11.8 Å². The molecule has 7 nitrogen and oxygen atoms in total. The van der Waals surface area contributed by atoms with Gasteiger partial charge in [-0.15, -0.1) is 0 Å². The first-order valence-corrected chi connectivity index (χ1v) is 9.51. The van der Waals surface area contributed by atoms with Crippen LogP contribution in [0.4, 0.5) is 11.4 Å². The smallest absolute Gasteiger partial charge is 0.293 e. The van der Waals surface area contributed by atoms with E-state index in [1.54, 1.807) is 12.1 Å². The van der Waals surface area contributed by atoms with Gasteiger partial charge in [-0.2, -0.15) is 0 Å². The van der Waals surface area contributed by atoms with E-state index in [1.807, 2.05) is 31.2 Å². The minimum absolute atomic E-state index is 0.0799. The van der Waals surface area contributed by atoms with Gasteiger partial charge >= 0.3 is 0 Å². The Labute approximate surface area is 168 Å². The number of anilines is 2. The molecular formula is C22H22N4O3. The molecule has 1 aromatic heterocycles. The van der Waals surface area contributed by atoms with E-state index < -0.39 is 5.91 Å². The molecule has 2 aromatic carbocycles. The van der Waals surface area contributed by atoms with E-state index in [4.69, 9.17) is 4.42 Å². The van der Waals surface area contributed by atoms with Crippen LogP contribution in [0.3, 0.4) is 0 Å². The summed E-state index contributed by atoms with van der Waals surface area (Å²) >= 11 is 0. The highest BCUT2D eigenvalue weighted by molar-refractivity contribution is 6.03. The topological polar surface area (TPSA) is 87.5 Å². The van der Waals surface area contributed by atoms with Crippen LogP contribution in [-0.2, 0) is 0 Å². The quantitative estimate of drug-likeness (QED) is 0.698. The highest BCUT2D eigenvalue weighted by Gasteiger charge is 2.24. The Morgan fingerprint density at radius 2 is 1.97 bits per heavy atom. The maximum atomic E-state index is 12.8. The van der Waals surface area contributed by atoms with Crippen molar-refractivity contribution in [1.29, 1.82) is 0 Å². The minimum atomic E-state index is -0.405. The average Bonchev–Trinajstić information content (AvgIpc) is 3.42. The summed E-state index contributed by atoms with van der Waals surface area (Å²) in [7, 11) is 0. The molecule has 0 aliphatic carbocycles. The van der Waals surface area contributed by atoms with Crippen molar-refractivity contribution in [2.45, 2.75) is 19.4 Å². The van der Waals surface area contributed by atoms with Crippen LogP contribution in [0.5, 0.6) is 0 Å². The molecule has 148 valence electrons. The van der Waals surface area contributed by atoms with E-state index in [0.717, 1.165) is 30.8 Å². The van der Waals surface area contributed by atoms with Gasteiger partial charge in [0.1, 0.15) is 0 Å². The van der Waals surface area contributed by atoms with Crippen molar-refractivity contribution in [3.63, 3.8) is 0 Å². The van der Waals surface area contributed by atoms with Crippen molar-refractivity contribution < 1.29 is 14.0 Å². The van der Waals surface area contributed by atoms with E-state index >= 15 is 0 Å². The molecular weight excluding hydrogens is 368 g/mol. The van der Waals surface area contributed by atoms with Crippen molar-refractivity contribution in [3.8, 4) is 0 Å². The summed E-state index contributed by atoms with van der Waals surface area (Å²) in [6.07, 6.45) is 3.44. The molecule has 2 heterocycles. The van der Waals surface area contributed by atoms with Gasteiger partial charge in [-0.25, -0.2) is 4.98 Å². The maximum Gasteiger partial charge on any atom is 0.293 e. The molecule has 1 atom stereocenters. The Morgan fingerprint density at radius 3 is 2.72 bits per heavy atom. The molecule has 1 unspecified atom stereocenters. The third-order valence-electron chi connectivity index (χ3n) is 5.05. The van der Waals surface area contributed by atoms with E-state index in [0.29, 0.717) is 11.3 Å². The number of nitrogens with zero attached hydrogens (tertiary/aromatic N) is 2. The standard InChI is InChI=1S/C22H22N4O3/c1-15-7-8-16(11-19(15)25-22(28)20-12-23-14-29-20)21(27)24-17-9-10-26(13-17)18-5-3-2-4-6-18/h2-8,11-12,14,17H,9-10,13H2,1H3,(H,24,27)(H,25,28). The Kier molecular flexibility index (Phi) is 5.29. The number of aromatic nitrogens is 1. The van der Waals surface area contributed by atoms with Crippen LogP contribution >= 0.6 is 0 Å². The third kappa shape index (κ3) is 4.29. The van der Waals surface area contributed by atoms with Crippen molar-refractivity contribution in [3.05, 3.63) is 78.0 Å². The fourth-order valence-corrected chi connectivity index (χ4v) is 3.43. The monoisotopic (exact) mass is 390 g/mol. The number of rotatable bonds is 5. The number of aryl methyl sites for hydroxylation is 1. The molecule has 0 spiro atoms. The number of nitrogens with one attached hydrogen (secondary N) is 2. The molecule has 7 heteroatoms. The maximum absolute atomic E-state index is 12.8. The summed E-state index contributed by atoms with van der Waals surface area (Å²) in [5.74, 6) is -0.441. The van der Waals surface area contributed by atoms with Crippen molar-refractivity contribution in [1.82, 2.24) is 10.3 Å². The van der Waals surface area contributed by atoms with Gasteiger partial charge in [-0.3, -0.25) is 9.59 Å². The van der Waals surface area contributed by atoms with Crippen LogP contribution in [0.2, 0.25) is 0 Å². The molecule has 2 N–H and O–H groups in total. The molecule has 0 radical (unpaired) electrons. The lowest BCUT2D eigenvalue weighted by Gasteiger charge is -2.19. The second kappa shape index (κ2) is 8.18. The van der Waals surface area contributed by atoms with Crippen molar-refractivity contribution in [2.75, 3.05) is 23.3 Å². The van der Waals surface area contributed by atoms with Gasteiger partial charge in [0.2, 0.25) is 5.76 Å². The second-order valence-electron chi connectivity index (χ2n) is 7.09. The summed E-state index contributed by atoms with van der Waals surface area (Å²) in [6, 6.07) is 15.5. The molecule has 2 amide bonds. The lowest BCUT2D eigenvalue weighted by molar-refractivity contribution is 0.0938. The molecule has 4 rings (SSSR count). The SMILES string of the molecule is Cc1ccc(C(=O)NC2CCN(c3ccccc3)C2)cc1NC(=O)c1cnco1. The molecule has 1 aliphatic rings. The molecule has 1 saturated heterocycles. The largest absolute Gasteiger partial charge is 0.438 e. The number of carbonyl (C=O) groups excluding carboxylic acids is 2. The van der Waals surface area contributed by atoms with Gasteiger partial charge in [-0.1, -0.05) is 24.3 Å². The zero-order valence-corrected chi connectivity index (χ0v) is 16.1. The predicted molar refractivity (Wildman–Crippen MR) is 110 cm³/mol. The number of oxazole rings is 1. The first-order valence-electron chi connectivity index (χ1n) is 9.51. The van der Waals surface area contributed by atoms with Crippen molar-refractivity contribution >= 4 is 23.2 Å².